The Hall–Kier alpha value is -0.590. The predicted octanol–water partition coefficient (Wildman–Crippen LogP) is 1.63. The van der Waals surface area contributed by atoms with Crippen molar-refractivity contribution in [3.05, 3.63) is 0 Å². The molecule has 0 bridgehead atoms. The lowest BCUT2D eigenvalue weighted by Crippen LogP contribution is -2.25. The maximum Gasteiger partial charge on any atom is 0.0841 e. The Labute approximate surface area is 78.6 Å². The topological polar surface area (TPSA) is 42.2 Å². The lowest BCUT2D eigenvalue weighted by atomic mass is 10.1. The minimum absolute atomic E-state index is 0.166. The monoisotopic (exact) mass is 181 g/mol. The van der Waals surface area contributed by atoms with Gasteiger partial charge in [-0.1, -0.05) is 0 Å². The molecule has 0 N–H and O–H groups in total. The van der Waals surface area contributed by atoms with Crippen molar-refractivity contribution in [2.24, 2.45) is 0 Å². The van der Waals surface area contributed by atoms with Gasteiger partial charge in [0.2, 0.25) is 0 Å². The molecule has 0 spiro atoms. The Morgan fingerprint density at radius 3 is 2.85 bits per heavy atom. The van der Waals surface area contributed by atoms with Crippen molar-refractivity contribution in [3.63, 3.8) is 0 Å². The van der Waals surface area contributed by atoms with Gasteiger partial charge in [-0.25, -0.2) is 0 Å². The van der Waals surface area contributed by atoms with Crippen LogP contribution in [0.1, 0.15) is 32.1 Å². The summed E-state index contributed by atoms with van der Waals surface area (Å²) in [6, 6.07) is 2.15. The van der Waals surface area contributed by atoms with Crippen LogP contribution in [0.5, 0.6) is 0 Å². The Balaban J connectivity index is 1.80. The van der Waals surface area contributed by atoms with Crippen LogP contribution < -0.4 is 0 Å². The minimum Gasteiger partial charge on any atom is -0.376 e. The molecule has 0 radical (unpaired) electrons. The lowest BCUT2D eigenvalue weighted by molar-refractivity contribution is -0.0431. The number of nitriles is 1. The van der Waals surface area contributed by atoms with Crippen molar-refractivity contribution in [3.8, 4) is 6.07 Å². The zero-order valence-corrected chi connectivity index (χ0v) is 7.74. The van der Waals surface area contributed by atoms with Crippen LogP contribution in [0.15, 0.2) is 0 Å². The van der Waals surface area contributed by atoms with Gasteiger partial charge in [0.25, 0.3) is 0 Å². The summed E-state index contributed by atoms with van der Waals surface area (Å²) in [5, 5.41) is 8.52. The average Bonchev–Trinajstić information content (AvgIpc) is 2.70. The molecule has 0 amide bonds. The molecule has 2 aliphatic rings. The van der Waals surface area contributed by atoms with Crippen LogP contribution in [0, 0.1) is 11.3 Å². The van der Waals surface area contributed by atoms with E-state index in [4.69, 9.17) is 14.7 Å². The number of hydrogen-bond acceptors (Lipinski definition) is 3. The molecule has 3 atom stereocenters. The molecule has 0 aromatic heterocycles. The van der Waals surface area contributed by atoms with Crippen LogP contribution in [0.25, 0.3) is 0 Å². The van der Waals surface area contributed by atoms with Crippen molar-refractivity contribution in [2.75, 3.05) is 6.61 Å². The highest BCUT2D eigenvalue weighted by atomic mass is 16.6. The molecule has 2 aliphatic heterocycles. The van der Waals surface area contributed by atoms with Crippen LogP contribution in [0.3, 0.4) is 0 Å². The third-order valence-corrected chi connectivity index (χ3v) is 2.84. The molecule has 3 unspecified atom stereocenters. The number of hydrogen-bond donors (Lipinski definition) is 0. The second-order valence-corrected chi connectivity index (χ2v) is 3.79. The fraction of sp³-hybridized carbons (Fsp3) is 0.900. The van der Waals surface area contributed by atoms with Gasteiger partial charge in [0.1, 0.15) is 0 Å². The van der Waals surface area contributed by atoms with Crippen molar-refractivity contribution in [1.29, 1.82) is 5.26 Å². The fourth-order valence-corrected chi connectivity index (χ4v) is 2.15. The second-order valence-electron chi connectivity index (χ2n) is 3.79. The average molecular weight is 181 g/mol. The van der Waals surface area contributed by atoms with Gasteiger partial charge in [0, 0.05) is 6.61 Å². The first kappa shape index (κ1) is 8.98. The molecule has 3 nitrogen and oxygen atoms in total. The molecule has 2 fully saturated rings. The van der Waals surface area contributed by atoms with Gasteiger partial charge in [-0.15, -0.1) is 0 Å². The first-order valence-electron chi connectivity index (χ1n) is 5.04. The molecule has 3 heteroatoms. The van der Waals surface area contributed by atoms with E-state index < -0.39 is 0 Å². The molecule has 2 rings (SSSR count). The van der Waals surface area contributed by atoms with E-state index in [0.717, 1.165) is 32.3 Å². The standard InChI is InChI=1S/C10H15NO2/c11-6-5-8-3-4-10(13-8)9-2-1-7-12-9/h8-10H,1-5,7H2. The van der Waals surface area contributed by atoms with Gasteiger partial charge >= 0.3 is 0 Å². The summed E-state index contributed by atoms with van der Waals surface area (Å²) in [5.74, 6) is 0. The molecule has 2 heterocycles. The van der Waals surface area contributed by atoms with Crippen molar-refractivity contribution < 1.29 is 9.47 Å². The highest BCUT2D eigenvalue weighted by molar-refractivity contribution is 4.86. The van der Waals surface area contributed by atoms with Crippen molar-refractivity contribution in [1.82, 2.24) is 0 Å². The van der Waals surface area contributed by atoms with Crippen molar-refractivity contribution >= 4 is 0 Å². The number of rotatable bonds is 2. The van der Waals surface area contributed by atoms with E-state index in [0.29, 0.717) is 12.5 Å². The summed E-state index contributed by atoms with van der Waals surface area (Å²) in [4.78, 5) is 0. The first-order chi connectivity index (χ1) is 6.40. The van der Waals surface area contributed by atoms with Crippen LogP contribution in [-0.4, -0.2) is 24.9 Å². The van der Waals surface area contributed by atoms with Crippen LogP contribution in [0.2, 0.25) is 0 Å². The highest BCUT2D eigenvalue weighted by Gasteiger charge is 2.33. The van der Waals surface area contributed by atoms with E-state index in [1.54, 1.807) is 0 Å². The van der Waals surface area contributed by atoms with Crippen molar-refractivity contribution in [2.45, 2.75) is 50.4 Å². The Morgan fingerprint density at radius 1 is 1.23 bits per heavy atom. The predicted molar refractivity (Wildman–Crippen MR) is 47.1 cm³/mol. The third-order valence-electron chi connectivity index (χ3n) is 2.84. The van der Waals surface area contributed by atoms with Gasteiger partial charge in [0.15, 0.2) is 0 Å². The van der Waals surface area contributed by atoms with E-state index in [-0.39, 0.29) is 12.2 Å². The summed E-state index contributed by atoms with van der Waals surface area (Å²) in [5.41, 5.74) is 0. The molecule has 0 aromatic rings. The Morgan fingerprint density at radius 2 is 2.15 bits per heavy atom. The fourth-order valence-electron chi connectivity index (χ4n) is 2.15. The van der Waals surface area contributed by atoms with Crippen LogP contribution in [-0.2, 0) is 9.47 Å². The summed E-state index contributed by atoms with van der Waals surface area (Å²) in [6.45, 7) is 0.882. The van der Waals surface area contributed by atoms with Gasteiger partial charge in [-0.3, -0.25) is 0 Å². The normalized spacial score (nSPS) is 39.2. The minimum atomic E-state index is 0.166. The molecular formula is C10H15NO2. The zero-order valence-electron chi connectivity index (χ0n) is 7.74. The largest absolute Gasteiger partial charge is 0.376 e. The third kappa shape index (κ3) is 2.01. The molecule has 2 saturated heterocycles. The summed E-state index contributed by atoms with van der Waals surface area (Å²) in [6.07, 6.45) is 5.65. The highest BCUT2D eigenvalue weighted by Crippen LogP contribution is 2.29. The first-order valence-corrected chi connectivity index (χ1v) is 5.04. The molecule has 0 saturated carbocycles. The smallest absolute Gasteiger partial charge is 0.0841 e. The van der Waals surface area contributed by atoms with Gasteiger partial charge < -0.3 is 9.47 Å². The molecule has 0 aromatic carbocycles. The maximum atomic E-state index is 8.52. The van der Waals surface area contributed by atoms with Gasteiger partial charge in [0.05, 0.1) is 30.8 Å². The van der Waals surface area contributed by atoms with E-state index in [2.05, 4.69) is 6.07 Å². The summed E-state index contributed by atoms with van der Waals surface area (Å²) < 4.78 is 11.3. The van der Waals surface area contributed by atoms with Gasteiger partial charge in [-0.05, 0) is 25.7 Å². The molecule has 0 aliphatic carbocycles. The second kappa shape index (κ2) is 4.08. The Kier molecular flexibility index (Phi) is 2.82. The van der Waals surface area contributed by atoms with Crippen LogP contribution >= 0.6 is 0 Å². The number of nitrogens with zero attached hydrogens (tertiary/aromatic N) is 1. The summed E-state index contributed by atoms with van der Waals surface area (Å²) >= 11 is 0. The lowest BCUT2D eigenvalue weighted by Gasteiger charge is -2.17. The van der Waals surface area contributed by atoms with Gasteiger partial charge in [-0.2, -0.15) is 5.26 Å². The van der Waals surface area contributed by atoms with Crippen LogP contribution in [0.4, 0.5) is 0 Å². The SMILES string of the molecule is N#CCC1CCC(C2CCCO2)O1. The summed E-state index contributed by atoms with van der Waals surface area (Å²) in [7, 11) is 0. The molecule has 13 heavy (non-hydrogen) atoms. The van der Waals surface area contributed by atoms with E-state index >= 15 is 0 Å². The quantitative estimate of drug-likeness (QED) is 0.650. The Bertz CT molecular complexity index is 205. The zero-order chi connectivity index (χ0) is 9.10. The maximum absolute atomic E-state index is 8.52. The molecular weight excluding hydrogens is 166 g/mol. The van der Waals surface area contributed by atoms with E-state index in [1.807, 2.05) is 0 Å². The molecule has 72 valence electrons. The number of ether oxygens (including phenoxy) is 2. The van der Waals surface area contributed by atoms with E-state index in [1.165, 1.54) is 0 Å². The van der Waals surface area contributed by atoms with E-state index in [9.17, 15) is 0 Å².